The number of aryl methyl sites for hydroxylation is 1. The van der Waals surface area contributed by atoms with Crippen LogP contribution in [0.2, 0.25) is 0 Å². The molecule has 17 heavy (non-hydrogen) atoms. The van der Waals surface area contributed by atoms with Gasteiger partial charge >= 0.3 is 0 Å². The molecule has 1 N–H and O–H groups in total. The third-order valence-corrected chi connectivity index (χ3v) is 2.94. The predicted octanol–water partition coefficient (Wildman–Crippen LogP) is 3.89. The van der Waals surface area contributed by atoms with E-state index in [0.29, 0.717) is 5.56 Å². The van der Waals surface area contributed by atoms with Crippen LogP contribution in [-0.2, 0) is 0 Å². The number of nitrogens with zero attached hydrogens (tertiary/aromatic N) is 1. The number of anilines is 1. The molecule has 2 nitrogen and oxygen atoms in total. The average molecular weight is 248 g/mol. The summed E-state index contributed by atoms with van der Waals surface area (Å²) in [7, 11) is 0. The molecule has 0 aliphatic carbocycles. The van der Waals surface area contributed by atoms with Crippen LogP contribution in [0, 0.1) is 12.7 Å². The highest BCUT2D eigenvalue weighted by atomic mass is 32.2. The van der Waals surface area contributed by atoms with Crippen molar-refractivity contribution in [2.45, 2.75) is 6.92 Å². The molecule has 2 aromatic rings. The van der Waals surface area contributed by atoms with Gasteiger partial charge in [-0.15, -0.1) is 0 Å². The fourth-order valence-corrected chi connectivity index (χ4v) is 2.09. The van der Waals surface area contributed by atoms with Crippen LogP contribution in [0.4, 0.5) is 10.1 Å². The molecule has 0 fully saturated rings. The first-order valence-electron chi connectivity index (χ1n) is 5.22. The van der Waals surface area contributed by atoms with Gasteiger partial charge in [-0.2, -0.15) is 0 Å². The third kappa shape index (κ3) is 2.58. The molecule has 1 aromatic heterocycles. The SMILES string of the molecule is CSNc1ccc(-c2cnccc2F)c(C)c1. The lowest BCUT2D eigenvalue weighted by Gasteiger charge is -2.09. The van der Waals surface area contributed by atoms with Crippen molar-refractivity contribution in [1.82, 2.24) is 4.98 Å². The molecule has 0 atom stereocenters. The van der Waals surface area contributed by atoms with Gasteiger partial charge in [0.1, 0.15) is 5.82 Å². The Morgan fingerprint density at radius 3 is 2.71 bits per heavy atom. The lowest BCUT2D eigenvalue weighted by atomic mass is 10.0. The Morgan fingerprint density at radius 1 is 1.24 bits per heavy atom. The molecule has 0 unspecified atom stereocenters. The molecule has 0 aliphatic heterocycles. The van der Waals surface area contributed by atoms with Gasteiger partial charge in [0.25, 0.3) is 0 Å². The molecule has 2 rings (SSSR count). The lowest BCUT2D eigenvalue weighted by Crippen LogP contribution is -1.91. The maximum atomic E-state index is 13.6. The smallest absolute Gasteiger partial charge is 0.134 e. The Balaban J connectivity index is 2.44. The summed E-state index contributed by atoms with van der Waals surface area (Å²) in [5.74, 6) is -0.242. The third-order valence-electron chi connectivity index (χ3n) is 2.50. The molecule has 88 valence electrons. The number of rotatable bonds is 3. The van der Waals surface area contributed by atoms with E-state index in [2.05, 4.69) is 9.71 Å². The average Bonchev–Trinajstić information content (AvgIpc) is 2.31. The summed E-state index contributed by atoms with van der Waals surface area (Å²) in [6.07, 6.45) is 4.97. The van der Waals surface area contributed by atoms with Crippen LogP contribution < -0.4 is 4.72 Å². The van der Waals surface area contributed by atoms with E-state index in [1.165, 1.54) is 24.2 Å². The number of hydrogen-bond acceptors (Lipinski definition) is 3. The monoisotopic (exact) mass is 248 g/mol. The van der Waals surface area contributed by atoms with Gasteiger partial charge in [-0.1, -0.05) is 18.0 Å². The fraction of sp³-hybridized carbons (Fsp3) is 0.154. The Kier molecular flexibility index (Phi) is 3.64. The van der Waals surface area contributed by atoms with Gasteiger partial charge in [-0.25, -0.2) is 4.39 Å². The number of pyridine rings is 1. The second kappa shape index (κ2) is 5.19. The van der Waals surface area contributed by atoms with E-state index in [1.54, 1.807) is 6.20 Å². The Bertz CT molecular complexity index is 529. The van der Waals surface area contributed by atoms with E-state index >= 15 is 0 Å². The second-order valence-electron chi connectivity index (χ2n) is 3.69. The molecule has 0 aliphatic rings. The molecule has 0 saturated heterocycles. The standard InChI is InChI=1S/C13H13FN2S/c1-9-7-10(16-17-2)3-4-11(9)12-8-15-6-5-13(12)14/h3-8,16H,1-2H3. The van der Waals surface area contributed by atoms with E-state index in [1.807, 2.05) is 31.4 Å². The van der Waals surface area contributed by atoms with Gasteiger partial charge in [0.15, 0.2) is 0 Å². The van der Waals surface area contributed by atoms with Crippen LogP contribution in [0.25, 0.3) is 11.1 Å². The summed E-state index contributed by atoms with van der Waals surface area (Å²) in [6.45, 7) is 1.97. The Hall–Kier alpha value is -1.55. The first kappa shape index (κ1) is 11.9. The molecule has 4 heteroatoms. The van der Waals surface area contributed by atoms with Crippen molar-refractivity contribution >= 4 is 17.6 Å². The highest BCUT2D eigenvalue weighted by molar-refractivity contribution is 7.99. The van der Waals surface area contributed by atoms with Gasteiger partial charge in [0.2, 0.25) is 0 Å². The molecule has 0 spiro atoms. The molecular weight excluding hydrogens is 235 g/mol. The highest BCUT2D eigenvalue weighted by Gasteiger charge is 2.07. The van der Waals surface area contributed by atoms with E-state index < -0.39 is 0 Å². The van der Waals surface area contributed by atoms with Crippen molar-refractivity contribution < 1.29 is 4.39 Å². The zero-order valence-electron chi connectivity index (χ0n) is 9.70. The molecule has 0 bridgehead atoms. The number of nitrogens with one attached hydrogen (secondary N) is 1. The minimum Gasteiger partial charge on any atom is -0.330 e. The van der Waals surface area contributed by atoms with Crippen molar-refractivity contribution in [2.75, 3.05) is 11.0 Å². The molecule has 0 radical (unpaired) electrons. The molecule has 0 saturated carbocycles. The van der Waals surface area contributed by atoms with Crippen molar-refractivity contribution in [2.24, 2.45) is 0 Å². The normalized spacial score (nSPS) is 10.3. The zero-order valence-corrected chi connectivity index (χ0v) is 10.5. The van der Waals surface area contributed by atoms with E-state index in [4.69, 9.17) is 0 Å². The maximum absolute atomic E-state index is 13.6. The lowest BCUT2D eigenvalue weighted by molar-refractivity contribution is 0.629. The van der Waals surface area contributed by atoms with Crippen LogP contribution in [0.5, 0.6) is 0 Å². The summed E-state index contributed by atoms with van der Waals surface area (Å²) in [6, 6.07) is 7.22. The number of benzene rings is 1. The summed E-state index contributed by atoms with van der Waals surface area (Å²) < 4.78 is 16.8. The molecule has 0 amide bonds. The Morgan fingerprint density at radius 2 is 2.06 bits per heavy atom. The van der Waals surface area contributed by atoms with Gasteiger partial charge in [-0.05, 0) is 36.2 Å². The molecule has 1 heterocycles. The second-order valence-corrected chi connectivity index (χ2v) is 4.30. The fourth-order valence-electron chi connectivity index (χ4n) is 1.72. The van der Waals surface area contributed by atoms with Crippen LogP contribution in [0.3, 0.4) is 0 Å². The minimum atomic E-state index is -0.242. The highest BCUT2D eigenvalue weighted by Crippen LogP contribution is 2.27. The van der Waals surface area contributed by atoms with Crippen molar-refractivity contribution in [3.8, 4) is 11.1 Å². The van der Waals surface area contributed by atoms with Crippen LogP contribution in [0.15, 0.2) is 36.7 Å². The van der Waals surface area contributed by atoms with E-state index in [9.17, 15) is 4.39 Å². The maximum Gasteiger partial charge on any atom is 0.134 e. The largest absolute Gasteiger partial charge is 0.330 e. The number of aromatic nitrogens is 1. The topological polar surface area (TPSA) is 24.9 Å². The Labute approximate surface area is 104 Å². The van der Waals surface area contributed by atoms with E-state index in [0.717, 1.165) is 16.8 Å². The summed E-state index contributed by atoms with van der Waals surface area (Å²) in [5.41, 5.74) is 3.46. The van der Waals surface area contributed by atoms with Gasteiger partial charge in [-0.3, -0.25) is 4.98 Å². The summed E-state index contributed by atoms with van der Waals surface area (Å²) >= 11 is 1.53. The minimum absolute atomic E-state index is 0.242. The predicted molar refractivity (Wildman–Crippen MR) is 71.5 cm³/mol. The number of halogens is 1. The van der Waals surface area contributed by atoms with Crippen molar-refractivity contribution in [3.63, 3.8) is 0 Å². The number of hydrogen-bond donors (Lipinski definition) is 1. The molecular formula is C13H13FN2S. The summed E-state index contributed by atoms with van der Waals surface area (Å²) in [5, 5.41) is 0. The van der Waals surface area contributed by atoms with Gasteiger partial charge in [0.05, 0.1) is 0 Å². The molecule has 1 aromatic carbocycles. The van der Waals surface area contributed by atoms with Crippen LogP contribution >= 0.6 is 11.9 Å². The van der Waals surface area contributed by atoms with E-state index in [-0.39, 0.29) is 5.82 Å². The quantitative estimate of drug-likeness (QED) is 0.834. The zero-order chi connectivity index (χ0) is 12.3. The van der Waals surface area contributed by atoms with Crippen LogP contribution in [0.1, 0.15) is 5.56 Å². The first-order chi connectivity index (χ1) is 8.22. The summed E-state index contributed by atoms with van der Waals surface area (Å²) in [4.78, 5) is 3.96. The van der Waals surface area contributed by atoms with Gasteiger partial charge in [0, 0.05) is 29.9 Å². The van der Waals surface area contributed by atoms with Gasteiger partial charge < -0.3 is 4.72 Å². The van der Waals surface area contributed by atoms with Crippen molar-refractivity contribution in [1.29, 1.82) is 0 Å². The van der Waals surface area contributed by atoms with Crippen LogP contribution in [-0.4, -0.2) is 11.2 Å². The van der Waals surface area contributed by atoms with Crippen molar-refractivity contribution in [3.05, 3.63) is 48.0 Å². The first-order valence-corrected chi connectivity index (χ1v) is 6.44.